The number of anilines is 1. The third-order valence-electron chi connectivity index (χ3n) is 5.68. The summed E-state index contributed by atoms with van der Waals surface area (Å²) in [5.41, 5.74) is 1.38. The molecule has 1 aromatic carbocycles. The largest absolute Gasteiger partial charge is 0.339 e. The van der Waals surface area contributed by atoms with Gasteiger partial charge in [0.2, 0.25) is 5.91 Å². The number of hydrogen-bond acceptors (Lipinski definition) is 3. The van der Waals surface area contributed by atoms with E-state index in [0.717, 1.165) is 39.0 Å². The zero-order valence-corrected chi connectivity index (χ0v) is 15.8. The van der Waals surface area contributed by atoms with E-state index in [1.54, 1.807) is 0 Å². The van der Waals surface area contributed by atoms with Gasteiger partial charge in [0.15, 0.2) is 0 Å². The molecule has 2 fully saturated rings. The lowest BCUT2D eigenvalue weighted by Crippen LogP contribution is -2.35. The summed E-state index contributed by atoms with van der Waals surface area (Å²) in [5, 5.41) is 6.40. The van der Waals surface area contributed by atoms with E-state index < -0.39 is 0 Å². The third-order valence-corrected chi connectivity index (χ3v) is 5.68. The Morgan fingerprint density at radius 2 is 2.04 bits per heavy atom. The van der Waals surface area contributed by atoms with Gasteiger partial charge >= 0.3 is 0 Å². The molecule has 2 unspecified atom stereocenters. The SMILES string of the molecule is CC(CC(=O)Nc1cccc(C(=O)N2CCCCC2)c1)C1CCCNC1. The maximum atomic E-state index is 12.6. The molecule has 142 valence electrons. The van der Waals surface area contributed by atoms with E-state index in [1.165, 1.54) is 19.3 Å². The quantitative estimate of drug-likeness (QED) is 0.850. The number of carbonyl (C=O) groups excluding carboxylic acids is 2. The molecule has 0 aromatic heterocycles. The fourth-order valence-electron chi connectivity index (χ4n) is 4.05. The summed E-state index contributed by atoms with van der Waals surface area (Å²) in [4.78, 5) is 27.0. The Balaban J connectivity index is 1.55. The van der Waals surface area contributed by atoms with Gasteiger partial charge in [-0.05, 0) is 75.2 Å². The highest BCUT2D eigenvalue weighted by Gasteiger charge is 2.22. The minimum absolute atomic E-state index is 0.0330. The highest BCUT2D eigenvalue weighted by Crippen LogP contribution is 2.23. The van der Waals surface area contributed by atoms with Crippen molar-refractivity contribution in [3.05, 3.63) is 29.8 Å². The number of benzene rings is 1. The Morgan fingerprint density at radius 3 is 2.77 bits per heavy atom. The van der Waals surface area contributed by atoms with Crippen molar-refractivity contribution in [2.24, 2.45) is 11.8 Å². The van der Waals surface area contributed by atoms with Crippen molar-refractivity contribution < 1.29 is 9.59 Å². The van der Waals surface area contributed by atoms with E-state index in [2.05, 4.69) is 17.6 Å². The molecule has 3 rings (SSSR count). The molecule has 2 aliphatic rings. The van der Waals surface area contributed by atoms with Crippen LogP contribution in [0.2, 0.25) is 0 Å². The average molecular weight is 357 g/mol. The van der Waals surface area contributed by atoms with Crippen molar-refractivity contribution in [1.29, 1.82) is 0 Å². The minimum Gasteiger partial charge on any atom is -0.339 e. The number of amides is 2. The van der Waals surface area contributed by atoms with E-state index in [4.69, 9.17) is 0 Å². The average Bonchev–Trinajstić information content (AvgIpc) is 2.69. The van der Waals surface area contributed by atoms with Crippen LogP contribution in [0, 0.1) is 11.8 Å². The molecule has 0 bridgehead atoms. The van der Waals surface area contributed by atoms with Gasteiger partial charge in [0, 0.05) is 30.8 Å². The smallest absolute Gasteiger partial charge is 0.253 e. The highest BCUT2D eigenvalue weighted by atomic mass is 16.2. The zero-order valence-electron chi connectivity index (χ0n) is 15.8. The topological polar surface area (TPSA) is 61.4 Å². The highest BCUT2D eigenvalue weighted by molar-refractivity contribution is 5.97. The first-order valence-electron chi connectivity index (χ1n) is 10.0. The molecule has 2 aliphatic heterocycles. The second kappa shape index (κ2) is 9.17. The van der Waals surface area contributed by atoms with E-state index >= 15 is 0 Å². The molecule has 0 spiro atoms. The van der Waals surface area contributed by atoms with Crippen molar-refractivity contribution in [3.63, 3.8) is 0 Å². The van der Waals surface area contributed by atoms with E-state index in [-0.39, 0.29) is 11.8 Å². The van der Waals surface area contributed by atoms with Crippen molar-refractivity contribution in [2.45, 2.75) is 45.4 Å². The van der Waals surface area contributed by atoms with Crippen LogP contribution in [0.15, 0.2) is 24.3 Å². The summed E-state index contributed by atoms with van der Waals surface area (Å²) in [6.07, 6.45) is 6.27. The van der Waals surface area contributed by atoms with Crippen molar-refractivity contribution >= 4 is 17.5 Å². The first-order valence-corrected chi connectivity index (χ1v) is 10.0. The fraction of sp³-hybridized carbons (Fsp3) is 0.619. The molecule has 2 saturated heterocycles. The predicted octanol–water partition coefficient (Wildman–Crippen LogP) is 3.28. The Kier molecular flexibility index (Phi) is 6.67. The van der Waals surface area contributed by atoms with Gasteiger partial charge in [0.25, 0.3) is 5.91 Å². The molecule has 5 heteroatoms. The van der Waals surface area contributed by atoms with Gasteiger partial charge in [-0.3, -0.25) is 9.59 Å². The van der Waals surface area contributed by atoms with Crippen LogP contribution < -0.4 is 10.6 Å². The van der Waals surface area contributed by atoms with Crippen molar-refractivity contribution in [3.8, 4) is 0 Å². The fourth-order valence-corrected chi connectivity index (χ4v) is 4.05. The number of nitrogens with zero attached hydrogens (tertiary/aromatic N) is 1. The molecule has 5 nitrogen and oxygen atoms in total. The molecule has 26 heavy (non-hydrogen) atoms. The van der Waals surface area contributed by atoms with Crippen LogP contribution in [-0.4, -0.2) is 42.9 Å². The number of likely N-dealkylation sites (tertiary alicyclic amines) is 1. The number of rotatable bonds is 5. The van der Waals surface area contributed by atoms with Crippen LogP contribution in [0.1, 0.15) is 55.8 Å². The van der Waals surface area contributed by atoms with Gasteiger partial charge in [-0.2, -0.15) is 0 Å². The Bertz CT molecular complexity index is 619. The molecular formula is C21H31N3O2. The van der Waals surface area contributed by atoms with Crippen LogP contribution in [0.5, 0.6) is 0 Å². The van der Waals surface area contributed by atoms with Gasteiger partial charge in [-0.1, -0.05) is 13.0 Å². The molecule has 2 N–H and O–H groups in total. The predicted molar refractivity (Wildman–Crippen MR) is 104 cm³/mol. The summed E-state index contributed by atoms with van der Waals surface area (Å²) in [7, 11) is 0. The minimum atomic E-state index is 0.0330. The first kappa shape index (κ1) is 18.9. The van der Waals surface area contributed by atoms with Crippen LogP contribution in [0.25, 0.3) is 0 Å². The second-order valence-electron chi connectivity index (χ2n) is 7.77. The normalized spacial score (nSPS) is 21.9. The molecule has 0 radical (unpaired) electrons. The number of piperidine rings is 2. The Morgan fingerprint density at radius 1 is 1.23 bits per heavy atom. The van der Waals surface area contributed by atoms with Gasteiger partial charge < -0.3 is 15.5 Å². The third kappa shape index (κ3) is 5.07. The second-order valence-corrected chi connectivity index (χ2v) is 7.77. The van der Waals surface area contributed by atoms with Gasteiger partial charge in [0.05, 0.1) is 0 Å². The van der Waals surface area contributed by atoms with Crippen molar-refractivity contribution in [2.75, 3.05) is 31.5 Å². The van der Waals surface area contributed by atoms with E-state index in [0.29, 0.717) is 29.5 Å². The Labute approximate surface area is 156 Å². The lowest BCUT2D eigenvalue weighted by atomic mass is 9.85. The standard InChI is InChI=1S/C21H31N3O2/c1-16(18-8-6-10-22-15-18)13-20(25)23-19-9-5-7-17(14-19)21(26)24-11-3-2-4-12-24/h5,7,9,14,16,18,22H,2-4,6,8,10-13,15H2,1H3,(H,23,25). The van der Waals surface area contributed by atoms with Crippen LogP contribution in [0.3, 0.4) is 0 Å². The molecule has 2 amide bonds. The van der Waals surface area contributed by atoms with E-state index in [9.17, 15) is 9.59 Å². The van der Waals surface area contributed by atoms with Crippen molar-refractivity contribution in [1.82, 2.24) is 10.2 Å². The number of nitrogens with one attached hydrogen (secondary N) is 2. The van der Waals surface area contributed by atoms with Crippen LogP contribution in [0.4, 0.5) is 5.69 Å². The molecule has 0 aliphatic carbocycles. The first-order chi connectivity index (χ1) is 12.6. The lowest BCUT2D eigenvalue weighted by Gasteiger charge is -2.28. The zero-order chi connectivity index (χ0) is 18.4. The molecule has 0 saturated carbocycles. The van der Waals surface area contributed by atoms with E-state index in [1.807, 2.05) is 29.2 Å². The number of hydrogen-bond donors (Lipinski definition) is 2. The van der Waals surface area contributed by atoms with Crippen LogP contribution >= 0.6 is 0 Å². The van der Waals surface area contributed by atoms with Gasteiger partial charge in [-0.25, -0.2) is 0 Å². The lowest BCUT2D eigenvalue weighted by molar-refractivity contribution is -0.117. The molecule has 1 aromatic rings. The monoisotopic (exact) mass is 357 g/mol. The summed E-state index contributed by atoms with van der Waals surface area (Å²) >= 11 is 0. The van der Waals surface area contributed by atoms with Gasteiger partial charge in [0.1, 0.15) is 0 Å². The summed E-state index contributed by atoms with van der Waals surface area (Å²) < 4.78 is 0. The summed E-state index contributed by atoms with van der Waals surface area (Å²) in [6.45, 7) is 5.93. The molecular weight excluding hydrogens is 326 g/mol. The maximum Gasteiger partial charge on any atom is 0.253 e. The molecule has 2 atom stereocenters. The van der Waals surface area contributed by atoms with Crippen LogP contribution in [-0.2, 0) is 4.79 Å². The summed E-state index contributed by atoms with van der Waals surface area (Å²) in [5.74, 6) is 1.04. The number of carbonyl (C=O) groups is 2. The molecule has 2 heterocycles. The maximum absolute atomic E-state index is 12.6. The Hall–Kier alpha value is -1.88. The summed E-state index contributed by atoms with van der Waals surface area (Å²) in [6, 6.07) is 7.35. The van der Waals surface area contributed by atoms with Gasteiger partial charge in [-0.15, -0.1) is 0 Å².